The molecule has 1 atom stereocenters. The molecule has 1 aliphatic rings. The third kappa shape index (κ3) is 4.88. The predicted molar refractivity (Wildman–Crippen MR) is 175 cm³/mol. The van der Waals surface area contributed by atoms with Crippen molar-refractivity contribution in [3.05, 3.63) is 174 Å². The van der Waals surface area contributed by atoms with Crippen LogP contribution in [0, 0.1) is 5.92 Å². The fourth-order valence-electron chi connectivity index (χ4n) is 6.60. The molecule has 4 nitrogen and oxygen atoms in total. The largest absolute Gasteiger partial charge is 0.214 e. The van der Waals surface area contributed by atoms with Crippen LogP contribution < -0.4 is 0 Å². The highest BCUT2D eigenvalue weighted by Gasteiger charge is 2.45. The zero-order valence-electron chi connectivity index (χ0n) is 23.7. The molecular weight excluding hydrogens is 548 g/mol. The minimum Gasteiger partial charge on any atom is -0.214 e. The first-order valence-electron chi connectivity index (χ1n) is 14.7. The average Bonchev–Trinajstić information content (AvgIpc) is 3.55. The Morgan fingerprint density at radius 3 is 2.12 bits per heavy atom. The topological polar surface area (TPSA) is 43.6 Å². The second-order valence-corrected chi connectivity index (χ2v) is 11.3. The molecule has 0 spiro atoms. The van der Waals surface area contributed by atoms with Gasteiger partial charge in [0.2, 0.25) is 0 Å². The van der Waals surface area contributed by atoms with Gasteiger partial charge in [-0.25, -0.2) is 4.68 Å². The highest BCUT2D eigenvalue weighted by Crippen LogP contribution is 2.45. The summed E-state index contributed by atoms with van der Waals surface area (Å²) < 4.78 is 2.08. The van der Waals surface area contributed by atoms with E-state index in [9.17, 15) is 0 Å². The first-order chi connectivity index (χ1) is 21.3. The predicted octanol–water partition coefficient (Wildman–Crippen LogP) is 8.75. The van der Waals surface area contributed by atoms with Gasteiger partial charge in [0.05, 0.1) is 0 Å². The number of hydrogen-bond donors (Lipinski definition) is 0. The monoisotopic (exact) mass is 578 g/mol. The van der Waals surface area contributed by atoms with Crippen LogP contribution in [0.4, 0.5) is 0 Å². The number of benzene rings is 5. The number of halogens is 1. The number of nitrogens with zero attached hydrogens (tertiary/aromatic N) is 4. The Labute approximate surface area is 257 Å². The van der Waals surface area contributed by atoms with Crippen molar-refractivity contribution in [3.8, 4) is 11.1 Å². The molecule has 7 rings (SSSR count). The number of fused-ring (bicyclic) bond motifs is 1. The molecule has 5 aromatic carbocycles. The Kier molecular flexibility index (Phi) is 7.44. The smallest absolute Gasteiger partial charge is 0.157 e. The Morgan fingerprint density at radius 1 is 0.744 bits per heavy atom. The van der Waals surface area contributed by atoms with Crippen LogP contribution in [0.5, 0.6) is 0 Å². The first kappa shape index (κ1) is 27.1. The molecular formula is C38H31ClN4. The minimum atomic E-state index is -0.651. The maximum atomic E-state index is 6.14. The summed E-state index contributed by atoms with van der Waals surface area (Å²) in [6.07, 6.45) is 10.2. The summed E-state index contributed by atoms with van der Waals surface area (Å²) in [5.74, 6) is 1.40. The summed E-state index contributed by atoms with van der Waals surface area (Å²) in [5.41, 5.74) is 6.26. The molecule has 0 fully saturated rings. The van der Waals surface area contributed by atoms with Gasteiger partial charge in [-0.05, 0) is 61.0 Å². The lowest BCUT2D eigenvalue weighted by Gasteiger charge is -2.41. The number of tetrazole rings is 1. The van der Waals surface area contributed by atoms with Gasteiger partial charge in [0.1, 0.15) is 5.54 Å². The van der Waals surface area contributed by atoms with Crippen LogP contribution in [0.15, 0.2) is 146 Å². The van der Waals surface area contributed by atoms with Crippen molar-refractivity contribution in [2.45, 2.75) is 24.3 Å². The van der Waals surface area contributed by atoms with Crippen molar-refractivity contribution < 1.29 is 0 Å². The van der Waals surface area contributed by atoms with E-state index in [-0.39, 0.29) is 5.92 Å². The fourth-order valence-corrected chi connectivity index (χ4v) is 6.78. The summed E-state index contributed by atoms with van der Waals surface area (Å²) >= 11 is 6.14. The van der Waals surface area contributed by atoms with E-state index >= 15 is 0 Å². The number of rotatable bonds is 8. The van der Waals surface area contributed by atoms with Gasteiger partial charge >= 0.3 is 0 Å². The van der Waals surface area contributed by atoms with Crippen LogP contribution >= 0.6 is 11.6 Å². The van der Waals surface area contributed by atoms with Crippen molar-refractivity contribution in [1.29, 1.82) is 0 Å². The molecule has 6 aromatic rings. The summed E-state index contributed by atoms with van der Waals surface area (Å²) in [6.45, 7) is 0. The summed E-state index contributed by atoms with van der Waals surface area (Å²) in [6, 6.07) is 42.9. The third-order valence-electron chi connectivity index (χ3n) is 8.57. The zero-order chi connectivity index (χ0) is 29.1. The first-order valence-corrected chi connectivity index (χ1v) is 15.2. The molecule has 0 N–H and O–H groups in total. The zero-order valence-corrected chi connectivity index (χ0v) is 24.5. The number of hydrogen-bond acceptors (Lipinski definition) is 3. The quantitative estimate of drug-likeness (QED) is 0.170. The van der Waals surface area contributed by atoms with Crippen LogP contribution in [0.3, 0.4) is 0 Å². The highest BCUT2D eigenvalue weighted by atomic mass is 35.5. The van der Waals surface area contributed by atoms with E-state index < -0.39 is 5.54 Å². The Bertz CT molecular complexity index is 1870. The van der Waals surface area contributed by atoms with Gasteiger partial charge in [-0.1, -0.05) is 146 Å². The molecule has 0 bridgehead atoms. The summed E-state index contributed by atoms with van der Waals surface area (Å²) in [5, 5.41) is 16.2. The van der Waals surface area contributed by atoms with E-state index in [1.807, 2.05) is 0 Å². The molecule has 210 valence electrons. The Hall–Kier alpha value is -4.80. The van der Waals surface area contributed by atoms with Crippen LogP contribution in [-0.4, -0.2) is 20.2 Å². The second-order valence-electron chi connectivity index (χ2n) is 11.0. The molecule has 5 heteroatoms. The lowest BCUT2D eigenvalue weighted by molar-refractivity contribution is 0.280. The third-order valence-corrected chi connectivity index (χ3v) is 8.88. The van der Waals surface area contributed by atoms with Crippen molar-refractivity contribution in [2.24, 2.45) is 5.92 Å². The summed E-state index contributed by atoms with van der Waals surface area (Å²) in [4.78, 5) is 0. The number of allylic oxidation sites excluding steroid dienone is 4. The lowest BCUT2D eigenvalue weighted by atomic mass is 9.70. The SMILES string of the molecule is ClCc1ccc(-c2c(Cc3nnnn3C(c3ccccc3)(c3ccccc3)C3C=CC=CC3)ccc3ccccc23)cc1. The minimum absolute atomic E-state index is 0.101. The molecule has 0 radical (unpaired) electrons. The molecule has 0 saturated heterocycles. The van der Waals surface area contributed by atoms with Crippen molar-refractivity contribution in [1.82, 2.24) is 20.2 Å². The van der Waals surface area contributed by atoms with Gasteiger partial charge in [0, 0.05) is 18.2 Å². The second kappa shape index (κ2) is 11.8. The average molecular weight is 579 g/mol. The normalized spacial score (nSPS) is 14.8. The highest BCUT2D eigenvalue weighted by molar-refractivity contribution is 6.17. The van der Waals surface area contributed by atoms with Crippen LogP contribution in [0.2, 0.25) is 0 Å². The molecule has 0 aliphatic heterocycles. The molecule has 1 unspecified atom stereocenters. The van der Waals surface area contributed by atoms with Gasteiger partial charge in [-0.15, -0.1) is 16.7 Å². The maximum Gasteiger partial charge on any atom is 0.157 e. The van der Waals surface area contributed by atoms with E-state index in [1.54, 1.807) is 0 Å². The van der Waals surface area contributed by atoms with Crippen molar-refractivity contribution in [2.75, 3.05) is 0 Å². The number of aromatic nitrogens is 4. The van der Waals surface area contributed by atoms with E-state index in [2.05, 4.69) is 156 Å². The van der Waals surface area contributed by atoms with Gasteiger partial charge in [-0.3, -0.25) is 0 Å². The summed E-state index contributed by atoms with van der Waals surface area (Å²) in [7, 11) is 0. The molecule has 0 saturated carbocycles. The van der Waals surface area contributed by atoms with E-state index in [0.717, 1.165) is 34.5 Å². The van der Waals surface area contributed by atoms with Crippen LogP contribution in [-0.2, 0) is 17.8 Å². The van der Waals surface area contributed by atoms with Gasteiger partial charge in [0.25, 0.3) is 0 Å². The van der Waals surface area contributed by atoms with Crippen LogP contribution in [0.25, 0.3) is 21.9 Å². The van der Waals surface area contributed by atoms with E-state index in [4.69, 9.17) is 21.9 Å². The maximum absolute atomic E-state index is 6.14. The standard InChI is InChI=1S/C38H31ClN4/c39-27-28-20-22-30(23-21-28)37-31(25-24-29-12-10-11-19-35(29)37)26-36-40-41-42-43(36)38(32-13-4-1-5-14-32,33-15-6-2-7-16-33)34-17-8-3-9-18-34/h1-17,19-25,34H,18,26-27H2. The van der Waals surface area contributed by atoms with Gasteiger partial charge in [-0.2, -0.15) is 0 Å². The Balaban J connectivity index is 1.44. The molecule has 0 amide bonds. The van der Waals surface area contributed by atoms with E-state index in [1.165, 1.54) is 21.9 Å². The Morgan fingerprint density at radius 2 is 1.44 bits per heavy atom. The molecule has 1 aliphatic carbocycles. The van der Waals surface area contributed by atoms with E-state index in [0.29, 0.717) is 12.3 Å². The molecule has 1 aromatic heterocycles. The number of alkyl halides is 1. The van der Waals surface area contributed by atoms with Gasteiger partial charge < -0.3 is 0 Å². The lowest BCUT2D eigenvalue weighted by Crippen LogP contribution is -2.45. The molecule has 43 heavy (non-hydrogen) atoms. The van der Waals surface area contributed by atoms with Gasteiger partial charge in [0.15, 0.2) is 5.82 Å². The fraction of sp³-hybridized carbons (Fsp3) is 0.132. The van der Waals surface area contributed by atoms with Crippen molar-refractivity contribution in [3.63, 3.8) is 0 Å². The molecule has 1 heterocycles. The van der Waals surface area contributed by atoms with Crippen LogP contribution in [0.1, 0.15) is 34.5 Å². The van der Waals surface area contributed by atoms with Crippen molar-refractivity contribution >= 4 is 22.4 Å².